The summed E-state index contributed by atoms with van der Waals surface area (Å²) in [4.78, 5) is 22.4. The Labute approximate surface area is 112 Å². The van der Waals surface area contributed by atoms with Gasteiger partial charge in [0.1, 0.15) is 11.9 Å². The van der Waals surface area contributed by atoms with Crippen molar-refractivity contribution in [3.8, 4) is 0 Å². The molecule has 0 saturated carbocycles. The lowest BCUT2D eigenvalue weighted by molar-refractivity contribution is -0.140. The average Bonchev–Trinajstić information content (AvgIpc) is 2.31. The molecule has 3 N–H and O–H groups in total. The molecule has 2 amide bonds. The van der Waals surface area contributed by atoms with Crippen molar-refractivity contribution in [1.29, 1.82) is 0 Å². The highest BCUT2D eigenvalue weighted by molar-refractivity contribution is 5.92. The van der Waals surface area contributed by atoms with Crippen LogP contribution in [0.25, 0.3) is 0 Å². The Morgan fingerprint density at radius 1 is 1.20 bits per heavy atom. The maximum atomic E-state index is 13.3. The van der Waals surface area contributed by atoms with Gasteiger partial charge in [-0.15, -0.1) is 0 Å². The highest BCUT2D eigenvalue weighted by Gasteiger charge is 2.24. The molecule has 1 aromatic rings. The summed E-state index contributed by atoms with van der Waals surface area (Å²) in [7, 11) is 0. The van der Waals surface area contributed by atoms with Crippen LogP contribution in [0.5, 0.6) is 0 Å². The summed E-state index contributed by atoms with van der Waals surface area (Å²) in [5.41, 5.74) is -0.715. The van der Waals surface area contributed by atoms with Crippen LogP contribution in [0.15, 0.2) is 12.1 Å². The molecular weight excluding hydrogens is 277 g/mol. The predicted molar refractivity (Wildman–Crippen MR) is 64.7 cm³/mol. The first-order valence-corrected chi connectivity index (χ1v) is 5.67. The van der Waals surface area contributed by atoms with Gasteiger partial charge in [-0.3, -0.25) is 0 Å². The zero-order chi connectivity index (χ0) is 15.4. The van der Waals surface area contributed by atoms with Crippen LogP contribution < -0.4 is 10.6 Å². The summed E-state index contributed by atoms with van der Waals surface area (Å²) in [6.45, 7) is 3.11. The van der Waals surface area contributed by atoms with Crippen molar-refractivity contribution >= 4 is 17.7 Å². The highest BCUT2D eigenvalue weighted by Crippen LogP contribution is 2.19. The quantitative estimate of drug-likeness (QED) is 0.745. The maximum Gasteiger partial charge on any atom is 0.326 e. The molecule has 1 atom stereocenters. The Balaban J connectivity index is 2.84. The van der Waals surface area contributed by atoms with Crippen LogP contribution in [-0.4, -0.2) is 23.1 Å². The Hall–Kier alpha value is -2.25. The van der Waals surface area contributed by atoms with Crippen molar-refractivity contribution in [2.45, 2.75) is 19.9 Å². The first kappa shape index (κ1) is 15.8. The summed E-state index contributed by atoms with van der Waals surface area (Å²) in [6, 6.07) is -1.37. The predicted octanol–water partition coefficient (Wildman–Crippen LogP) is 2.33. The zero-order valence-electron chi connectivity index (χ0n) is 10.7. The van der Waals surface area contributed by atoms with E-state index in [9.17, 15) is 22.8 Å². The van der Waals surface area contributed by atoms with E-state index in [4.69, 9.17) is 5.11 Å². The Morgan fingerprint density at radius 2 is 1.80 bits per heavy atom. The van der Waals surface area contributed by atoms with Crippen LogP contribution in [0, 0.1) is 23.4 Å². The van der Waals surface area contributed by atoms with Gasteiger partial charge in [-0.05, 0) is 5.92 Å². The van der Waals surface area contributed by atoms with Gasteiger partial charge < -0.3 is 15.7 Å². The number of carboxylic acid groups (broad SMARTS) is 1. The fraction of sp³-hybridized carbons (Fsp3) is 0.333. The second-order valence-electron chi connectivity index (χ2n) is 4.41. The molecule has 0 spiro atoms. The van der Waals surface area contributed by atoms with Crippen LogP contribution >= 0.6 is 0 Å². The molecule has 5 nitrogen and oxygen atoms in total. The molecule has 0 fully saturated rings. The molecule has 0 unspecified atom stereocenters. The van der Waals surface area contributed by atoms with Gasteiger partial charge in [0.25, 0.3) is 0 Å². The lowest BCUT2D eigenvalue weighted by Gasteiger charge is -2.18. The van der Waals surface area contributed by atoms with Crippen molar-refractivity contribution in [3.63, 3.8) is 0 Å². The molecule has 0 aromatic heterocycles. The number of aliphatic carboxylic acids is 1. The lowest BCUT2D eigenvalue weighted by Crippen LogP contribution is -2.46. The third-order valence-electron chi connectivity index (χ3n) is 2.46. The summed E-state index contributed by atoms with van der Waals surface area (Å²) in [6.07, 6.45) is 0. The van der Waals surface area contributed by atoms with Gasteiger partial charge in [-0.25, -0.2) is 22.8 Å². The molecule has 0 aliphatic heterocycles. The SMILES string of the molecule is CC(C)[C@@H](NC(=O)Nc1cc(F)cc(F)c1F)C(=O)O. The monoisotopic (exact) mass is 290 g/mol. The first-order chi connectivity index (χ1) is 9.22. The molecule has 1 rings (SSSR count). The first-order valence-electron chi connectivity index (χ1n) is 5.67. The van der Waals surface area contributed by atoms with E-state index in [1.165, 1.54) is 0 Å². The molecule has 8 heteroatoms. The van der Waals surface area contributed by atoms with Crippen LogP contribution in [0.4, 0.5) is 23.7 Å². The van der Waals surface area contributed by atoms with Crippen molar-refractivity contribution in [3.05, 3.63) is 29.6 Å². The van der Waals surface area contributed by atoms with E-state index in [2.05, 4.69) is 5.32 Å². The van der Waals surface area contributed by atoms with Gasteiger partial charge >= 0.3 is 12.0 Å². The normalized spacial score (nSPS) is 12.1. The number of hydrogen-bond donors (Lipinski definition) is 3. The number of amides is 2. The number of carboxylic acids is 1. The molecule has 0 bridgehead atoms. The van der Waals surface area contributed by atoms with E-state index in [1.54, 1.807) is 13.8 Å². The van der Waals surface area contributed by atoms with Gasteiger partial charge in [0.15, 0.2) is 11.6 Å². The molecule has 1 aromatic carbocycles. The largest absolute Gasteiger partial charge is 0.480 e. The van der Waals surface area contributed by atoms with E-state index in [0.717, 1.165) is 0 Å². The van der Waals surface area contributed by atoms with E-state index in [0.29, 0.717) is 12.1 Å². The van der Waals surface area contributed by atoms with Gasteiger partial charge in [0.05, 0.1) is 5.69 Å². The topological polar surface area (TPSA) is 78.4 Å². The second-order valence-corrected chi connectivity index (χ2v) is 4.41. The number of benzene rings is 1. The lowest BCUT2D eigenvalue weighted by atomic mass is 10.1. The minimum absolute atomic E-state index is 0.326. The van der Waals surface area contributed by atoms with E-state index in [-0.39, 0.29) is 0 Å². The van der Waals surface area contributed by atoms with Crippen molar-refractivity contribution in [1.82, 2.24) is 5.32 Å². The summed E-state index contributed by atoms with van der Waals surface area (Å²) in [5.74, 6) is -5.66. The number of halogens is 3. The number of rotatable bonds is 4. The van der Waals surface area contributed by atoms with Crippen LogP contribution in [0.2, 0.25) is 0 Å². The zero-order valence-corrected chi connectivity index (χ0v) is 10.7. The summed E-state index contributed by atoms with van der Waals surface area (Å²) in [5, 5.41) is 12.8. The molecule has 110 valence electrons. The smallest absolute Gasteiger partial charge is 0.326 e. The second kappa shape index (κ2) is 6.27. The van der Waals surface area contributed by atoms with Crippen molar-refractivity contribution < 1.29 is 27.9 Å². The molecule has 0 aliphatic rings. The van der Waals surface area contributed by atoms with Crippen molar-refractivity contribution in [2.24, 2.45) is 5.92 Å². The average molecular weight is 290 g/mol. The van der Waals surface area contributed by atoms with Crippen LogP contribution in [0.3, 0.4) is 0 Å². The Morgan fingerprint density at radius 3 is 2.30 bits per heavy atom. The van der Waals surface area contributed by atoms with Gasteiger partial charge in [0, 0.05) is 12.1 Å². The number of hydrogen-bond acceptors (Lipinski definition) is 2. The number of urea groups is 1. The standard InChI is InChI=1S/C12H13F3N2O3/c1-5(2)10(11(18)19)17-12(20)16-8-4-6(13)3-7(14)9(8)15/h3-5,10H,1-2H3,(H,18,19)(H2,16,17,20)/t10-/m1/s1. The molecule has 0 saturated heterocycles. The molecule has 0 radical (unpaired) electrons. The minimum atomic E-state index is -1.46. The van der Waals surface area contributed by atoms with E-state index >= 15 is 0 Å². The molecule has 0 heterocycles. The molecular formula is C12H13F3N2O3. The highest BCUT2D eigenvalue weighted by atomic mass is 19.2. The minimum Gasteiger partial charge on any atom is -0.480 e. The maximum absolute atomic E-state index is 13.3. The number of anilines is 1. The third kappa shape index (κ3) is 3.87. The summed E-state index contributed by atoms with van der Waals surface area (Å²) >= 11 is 0. The number of carbonyl (C=O) groups excluding carboxylic acids is 1. The van der Waals surface area contributed by atoms with Crippen LogP contribution in [0.1, 0.15) is 13.8 Å². The van der Waals surface area contributed by atoms with Gasteiger partial charge in [0.2, 0.25) is 0 Å². The van der Waals surface area contributed by atoms with Crippen LogP contribution in [-0.2, 0) is 4.79 Å². The number of carbonyl (C=O) groups is 2. The fourth-order valence-electron chi connectivity index (χ4n) is 1.46. The van der Waals surface area contributed by atoms with E-state index < -0.39 is 47.1 Å². The fourth-order valence-corrected chi connectivity index (χ4v) is 1.46. The Kier molecular flexibility index (Phi) is 4.95. The summed E-state index contributed by atoms with van der Waals surface area (Å²) < 4.78 is 39.1. The number of nitrogens with one attached hydrogen (secondary N) is 2. The van der Waals surface area contributed by atoms with Gasteiger partial charge in [-0.1, -0.05) is 13.8 Å². The molecule has 0 aliphatic carbocycles. The van der Waals surface area contributed by atoms with E-state index in [1.807, 2.05) is 5.32 Å². The molecule has 20 heavy (non-hydrogen) atoms. The Bertz CT molecular complexity index is 535. The van der Waals surface area contributed by atoms with Gasteiger partial charge in [-0.2, -0.15) is 0 Å². The van der Waals surface area contributed by atoms with Crippen molar-refractivity contribution in [2.75, 3.05) is 5.32 Å². The third-order valence-corrected chi connectivity index (χ3v) is 2.46.